The highest BCUT2D eigenvalue weighted by atomic mass is 15.1. The van der Waals surface area contributed by atoms with Crippen LogP contribution in [0.3, 0.4) is 0 Å². The van der Waals surface area contributed by atoms with E-state index in [1.165, 1.54) is 77.9 Å². The van der Waals surface area contributed by atoms with Crippen molar-refractivity contribution in [2.75, 3.05) is 4.90 Å². The summed E-state index contributed by atoms with van der Waals surface area (Å²) in [6, 6.07) is 69.5. The second-order valence-electron chi connectivity index (χ2n) is 17.1. The molecular weight excluding hydrogens is 687 g/mol. The summed E-state index contributed by atoms with van der Waals surface area (Å²) in [6.07, 6.45) is 0. The van der Waals surface area contributed by atoms with Gasteiger partial charge in [0, 0.05) is 22.4 Å². The van der Waals surface area contributed by atoms with Gasteiger partial charge in [0.05, 0.1) is 5.69 Å². The lowest BCUT2D eigenvalue weighted by atomic mass is 9.82. The first-order valence-electron chi connectivity index (χ1n) is 20.2. The van der Waals surface area contributed by atoms with Crippen molar-refractivity contribution in [3.05, 3.63) is 210 Å². The van der Waals surface area contributed by atoms with Crippen LogP contribution < -0.4 is 4.90 Å². The first kappa shape index (κ1) is 36.2. The molecule has 0 spiro atoms. The maximum absolute atomic E-state index is 2.47. The molecule has 0 N–H and O–H groups in total. The lowest BCUT2D eigenvalue weighted by Gasteiger charge is -2.30. The van der Waals surface area contributed by atoms with Gasteiger partial charge in [-0.1, -0.05) is 186 Å². The second-order valence-corrected chi connectivity index (χ2v) is 17.1. The van der Waals surface area contributed by atoms with Crippen molar-refractivity contribution < 1.29 is 0 Å². The van der Waals surface area contributed by atoms with Crippen molar-refractivity contribution >= 4 is 17.1 Å². The number of aryl methyl sites for hydroxylation is 1. The molecule has 0 aromatic heterocycles. The molecule has 0 atom stereocenters. The van der Waals surface area contributed by atoms with Crippen LogP contribution in [0.2, 0.25) is 0 Å². The molecule has 0 radical (unpaired) electrons. The summed E-state index contributed by atoms with van der Waals surface area (Å²) < 4.78 is 0. The minimum atomic E-state index is -0.120. The van der Waals surface area contributed by atoms with E-state index in [1.807, 2.05) is 0 Å². The zero-order chi connectivity index (χ0) is 39.3. The number of fused-ring (bicyclic) bond motifs is 3. The highest BCUT2D eigenvalue weighted by Gasteiger charge is 2.36. The van der Waals surface area contributed by atoms with Crippen LogP contribution >= 0.6 is 0 Å². The first-order valence-corrected chi connectivity index (χ1v) is 20.2. The Morgan fingerprint density at radius 1 is 0.386 bits per heavy atom. The second kappa shape index (κ2) is 14.3. The van der Waals surface area contributed by atoms with Gasteiger partial charge < -0.3 is 4.90 Å². The fourth-order valence-corrected chi connectivity index (χ4v) is 8.71. The molecule has 0 unspecified atom stereocenters. The third-order valence-corrected chi connectivity index (χ3v) is 12.0. The summed E-state index contributed by atoms with van der Waals surface area (Å²) in [7, 11) is 0. The molecule has 0 saturated carbocycles. The fraction of sp³-hybridized carbons (Fsp3) is 0.143. The lowest BCUT2D eigenvalue weighted by molar-refractivity contribution is 0.590. The Hall–Kier alpha value is -6.44. The molecule has 8 aromatic rings. The van der Waals surface area contributed by atoms with E-state index in [0.717, 1.165) is 17.1 Å². The van der Waals surface area contributed by atoms with Gasteiger partial charge in [0.15, 0.2) is 0 Å². The standard InChI is InChI=1S/C56H49N/c1-38-14-10-11-17-48(38)51-36-44(43-24-29-45(30-25-43)55(2,3)4)28-35-54(51)57(47-33-34-50-49-18-12-13-19-52(49)56(5,6)53(50)37-47)46-31-26-42(27-32-46)41-22-20-40(21-23-41)39-15-8-7-9-16-39/h7-37H,1-6H3. The topological polar surface area (TPSA) is 3.24 Å². The van der Waals surface area contributed by atoms with Crippen molar-refractivity contribution in [2.24, 2.45) is 0 Å². The third kappa shape index (κ3) is 6.68. The van der Waals surface area contributed by atoms with Crippen molar-refractivity contribution in [3.8, 4) is 55.6 Å². The molecule has 1 heteroatoms. The van der Waals surface area contributed by atoms with E-state index in [2.05, 4.69) is 234 Å². The Kier molecular flexibility index (Phi) is 9.05. The smallest absolute Gasteiger partial charge is 0.0540 e. The van der Waals surface area contributed by atoms with Gasteiger partial charge in [-0.15, -0.1) is 0 Å². The van der Waals surface area contributed by atoms with E-state index in [-0.39, 0.29) is 10.8 Å². The molecule has 278 valence electrons. The van der Waals surface area contributed by atoms with Crippen LogP contribution in [0, 0.1) is 6.92 Å². The zero-order valence-electron chi connectivity index (χ0n) is 33.8. The fourth-order valence-electron chi connectivity index (χ4n) is 8.71. The summed E-state index contributed by atoms with van der Waals surface area (Å²) in [6.45, 7) is 13.8. The predicted octanol–water partition coefficient (Wildman–Crippen LogP) is 15.7. The van der Waals surface area contributed by atoms with E-state index < -0.39 is 0 Å². The Morgan fingerprint density at radius 3 is 1.53 bits per heavy atom. The molecule has 0 amide bonds. The molecule has 1 aliphatic carbocycles. The molecule has 0 bridgehead atoms. The van der Waals surface area contributed by atoms with Gasteiger partial charge in [0.1, 0.15) is 0 Å². The van der Waals surface area contributed by atoms with E-state index in [1.54, 1.807) is 0 Å². The number of benzene rings is 8. The van der Waals surface area contributed by atoms with Gasteiger partial charge >= 0.3 is 0 Å². The molecule has 9 rings (SSSR count). The van der Waals surface area contributed by atoms with Gasteiger partial charge in [-0.05, 0) is 121 Å². The van der Waals surface area contributed by atoms with Crippen LogP contribution in [0.1, 0.15) is 56.9 Å². The Balaban J connectivity index is 1.20. The van der Waals surface area contributed by atoms with Gasteiger partial charge in [-0.3, -0.25) is 0 Å². The average Bonchev–Trinajstić information content (AvgIpc) is 3.47. The molecule has 1 nitrogen and oxygen atoms in total. The summed E-state index contributed by atoms with van der Waals surface area (Å²) in [5.74, 6) is 0. The lowest BCUT2D eigenvalue weighted by Crippen LogP contribution is -2.17. The Labute approximate surface area is 339 Å². The van der Waals surface area contributed by atoms with E-state index >= 15 is 0 Å². The molecule has 8 aromatic carbocycles. The van der Waals surface area contributed by atoms with Crippen molar-refractivity contribution in [2.45, 2.75) is 52.4 Å². The zero-order valence-corrected chi connectivity index (χ0v) is 33.8. The van der Waals surface area contributed by atoms with Crippen molar-refractivity contribution in [1.82, 2.24) is 0 Å². The quantitative estimate of drug-likeness (QED) is 0.158. The Morgan fingerprint density at radius 2 is 0.877 bits per heavy atom. The van der Waals surface area contributed by atoms with Crippen molar-refractivity contribution in [1.29, 1.82) is 0 Å². The summed E-state index contributed by atoms with van der Waals surface area (Å²) >= 11 is 0. The van der Waals surface area contributed by atoms with Crippen LogP contribution in [0.25, 0.3) is 55.6 Å². The largest absolute Gasteiger partial charge is 0.310 e. The highest BCUT2D eigenvalue weighted by molar-refractivity contribution is 5.93. The molecule has 0 heterocycles. The van der Waals surface area contributed by atoms with Crippen LogP contribution in [0.15, 0.2) is 188 Å². The number of hydrogen-bond donors (Lipinski definition) is 0. The highest BCUT2D eigenvalue weighted by Crippen LogP contribution is 2.51. The summed E-state index contributed by atoms with van der Waals surface area (Å²) in [5, 5.41) is 0. The average molecular weight is 736 g/mol. The molecule has 57 heavy (non-hydrogen) atoms. The van der Waals surface area contributed by atoms with Gasteiger partial charge in [0.25, 0.3) is 0 Å². The molecule has 0 aliphatic heterocycles. The molecular formula is C56H49N. The predicted molar refractivity (Wildman–Crippen MR) is 244 cm³/mol. The molecule has 0 fully saturated rings. The van der Waals surface area contributed by atoms with Crippen LogP contribution in [-0.2, 0) is 10.8 Å². The normalized spacial score (nSPS) is 12.9. The van der Waals surface area contributed by atoms with Gasteiger partial charge in [0.2, 0.25) is 0 Å². The first-order chi connectivity index (χ1) is 27.6. The van der Waals surface area contributed by atoms with Crippen LogP contribution in [-0.4, -0.2) is 0 Å². The number of rotatable bonds is 7. The van der Waals surface area contributed by atoms with Crippen LogP contribution in [0.4, 0.5) is 17.1 Å². The van der Waals surface area contributed by atoms with Crippen LogP contribution in [0.5, 0.6) is 0 Å². The van der Waals surface area contributed by atoms with E-state index in [0.29, 0.717) is 0 Å². The minimum absolute atomic E-state index is 0.0994. The number of nitrogens with zero attached hydrogens (tertiary/aromatic N) is 1. The van der Waals surface area contributed by atoms with Gasteiger partial charge in [-0.2, -0.15) is 0 Å². The SMILES string of the molecule is Cc1ccccc1-c1cc(-c2ccc(C(C)(C)C)cc2)ccc1N(c1ccc(-c2ccc(-c3ccccc3)cc2)cc1)c1ccc2c(c1)C(C)(C)c1ccccc1-2. The summed E-state index contributed by atoms with van der Waals surface area (Å²) in [4.78, 5) is 2.47. The van der Waals surface area contributed by atoms with E-state index in [9.17, 15) is 0 Å². The third-order valence-electron chi connectivity index (χ3n) is 12.0. The molecule has 1 aliphatic rings. The maximum atomic E-state index is 2.47. The maximum Gasteiger partial charge on any atom is 0.0540 e. The number of hydrogen-bond acceptors (Lipinski definition) is 1. The summed E-state index contributed by atoms with van der Waals surface area (Å²) in [5.41, 5.74) is 21.1. The van der Waals surface area contributed by atoms with E-state index in [4.69, 9.17) is 0 Å². The van der Waals surface area contributed by atoms with Crippen molar-refractivity contribution in [3.63, 3.8) is 0 Å². The van der Waals surface area contributed by atoms with Gasteiger partial charge in [-0.25, -0.2) is 0 Å². The Bertz CT molecular complexity index is 2710. The monoisotopic (exact) mass is 735 g/mol. The minimum Gasteiger partial charge on any atom is -0.310 e. The molecule has 0 saturated heterocycles. The number of anilines is 3.